The van der Waals surface area contributed by atoms with Crippen molar-refractivity contribution in [1.29, 1.82) is 0 Å². The van der Waals surface area contributed by atoms with Crippen LogP contribution in [0, 0.1) is 5.92 Å². The number of carbonyl (C=O) groups excluding carboxylic acids is 2. The summed E-state index contributed by atoms with van der Waals surface area (Å²) in [6.45, 7) is 4.55. The van der Waals surface area contributed by atoms with E-state index in [2.05, 4.69) is 10.2 Å². The number of para-hydroxylation sites is 1. The highest BCUT2D eigenvalue weighted by Gasteiger charge is 2.31. The van der Waals surface area contributed by atoms with E-state index in [0.29, 0.717) is 12.2 Å². The lowest BCUT2D eigenvalue weighted by Crippen LogP contribution is -2.45. The third-order valence-electron chi connectivity index (χ3n) is 5.72. The van der Waals surface area contributed by atoms with Crippen LogP contribution in [0.4, 0.5) is 15.3 Å². The SMILES string of the molecule is CC(CN1CCC(C(OC(N)=O)c2ccccc2N)CC1)NC(=O)OCc1ccccc1. The molecule has 0 spiro atoms. The molecule has 2 aromatic rings. The van der Waals surface area contributed by atoms with Crippen LogP contribution < -0.4 is 16.8 Å². The van der Waals surface area contributed by atoms with E-state index >= 15 is 0 Å². The van der Waals surface area contributed by atoms with Gasteiger partial charge in [-0.3, -0.25) is 0 Å². The summed E-state index contributed by atoms with van der Waals surface area (Å²) in [6, 6.07) is 16.9. The second kappa shape index (κ2) is 11.4. The fraction of sp³-hybridized carbons (Fsp3) is 0.417. The Kier molecular flexibility index (Phi) is 8.33. The summed E-state index contributed by atoms with van der Waals surface area (Å²) in [6.07, 6.45) is -0.0212. The quantitative estimate of drug-likeness (QED) is 0.541. The Morgan fingerprint density at radius 2 is 1.75 bits per heavy atom. The highest BCUT2D eigenvalue weighted by molar-refractivity contribution is 5.67. The van der Waals surface area contributed by atoms with Crippen LogP contribution in [0.1, 0.15) is 37.0 Å². The predicted octanol–water partition coefficient (Wildman–Crippen LogP) is 3.43. The van der Waals surface area contributed by atoms with Crippen LogP contribution in [-0.2, 0) is 16.1 Å². The minimum absolute atomic E-state index is 0.0581. The van der Waals surface area contributed by atoms with Gasteiger partial charge in [-0.2, -0.15) is 0 Å². The van der Waals surface area contributed by atoms with Gasteiger partial charge in [-0.05, 0) is 44.5 Å². The molecule has 2 aromatic carbocycles. The molecule has 2 amide bonds. The normalized spacial score (nSPS) is 16.7. The summed E-state index contributed by atoms with van der Waals surface area (Å²) >= 11 is 0. The van der Waals surface area contributed by atoms with Crippen LogP contribution >= 0.6 is 0 Å². The Hall–Kier alpha value is -3.26. The first-order chi connectivity index (χ1) is 15.4. The summed E-state index contributed by atoms with van der Waals surface area (Å²) < 4.78 is 10.7. The second-order valence-corrected chi connectivity index (χ2v) is 8.23. The maximum Gasteiger partial charge on any atom is 0.407 e. The molecule has 1 saturated heterocycles. The fourth-order valence-electron chi connectivity index (χ4n) is 4.15. The maximum absolute atomic E-state index is 12.1. The molecule has 0 bridgehead atoms. The number of hydrogen-bond acceptors (Lipinski definition) is 6. The van der Waals surface area contributed by atoms with Crippen molar-refractivity contribution in [3.05, 3.63) is 65.7 Å². The molecule has 1 fully saturated rings. The number of nitrogen functional groups attached to an aromatic ring is 1. The van der Waals surface area contributed by atoms with Gasteiger partial charge in [0.15, 0.2) is 0 Å². The van der Waals surface area contributed by atoms with E-state index in [1.807, 2.05) is 55.5 Å². The van der Waals surface area contributed by atoms with Crippen molar-refractivity contribution < 1.29 is 19.1 Å². The van der Waals surface area contributed by atoms with Gasteiger partial charge in [-0.1, -0.05) is 48.5 Å². The molecule has 3 rings (SSSR count). The summed E-state index contributed by atoms with van der Waals surface area (Å²) in [4.78, 5) is 25.9. The number of nitrogens with two attached hydrogens (primary N) is 2. The number of primary amides is 1. The number of carbonyl (C=O) groups is 2. The number of ether oxygens (including phenoxy) is 2. The second-order valence-electron chi connectivity index (χ2n) is 8.23. The standard InChI is InChI=1S/C24H32N4O4/c1-17(27-24(30)31-16-18-7-3-2-4-8-18)15-28-13-11-19(12-14-28)22(32-23(26)29)20-9-5-6-10-21(20)25/h2-10,17,19,22H,11-16,25H2,1H3,(H2,26,29)(H,27,30). The number of nitrogens with one attached hydrogen (secondary N) is 1. The van der Waals surface area contributed by atoms with Crippen molar-refractivity contribution in [2.45, 2.75) is 38.5 Å². The molecule has 0 aromatic heterocycles. The molecule has 2 atom stereocenters. The van der Waals surface area contributed by atoms with E-state index in [4.69, 9.17) is 20.9 Å². The van der Waals surface area contributed by atoms with E-state index in [0.717, 1.165) is 37.1 Å². The van der Waals surface area contributed by atoms with Crippen molar-refractivity contribution in [3.8, 4) is 0 Å². The monoisotopic (exact) mass is 440 g/mol. The molecular formula is C24H32N4O4. The van der Waals surface area contributed by atoms with Gasteiger partial charge in [-0.15, -0.1) is 0 Å². The van der Waals surface area contributed by atoms with E-state index < -0.39 is 18.3 Å². The van der Waals surface area contributed by atoms with Crippen LogP contribution in [-0.4, -0.2) is 42.8 Å². The van der Waals surface area contributed by atoms with Crippen molar-refractivity contribution in [2.24, 2.45) is 11.7 Å². The molecule has 172 valence electrons. The molecule has 8 heteroatoms. The first-order valence-electron chi connectivity index (χ1n) is 10.9. The summed E-state index contributed by atoms with van der Waals surface area (Å²) in [5.74, 6) is 0.127. The van der Waals surface area contributed by atoms with Gasteiger partial charge in [0.2, 0.25) is 0 Å². The zero-order chi connectivity index (χ0) is 22.9. The average molecular weight is 441 g/mol. The van der Waals surface area contributed by atoms with Crippen molar-refractivity contribution >= 4 is 17.9 Å². The number of benzene rings is 2. The third-order valence-corrected chi connectivity index (χ3v) is 5.72. The Bertz CT molecular complexity index is 885. The van der Waals surface area contributed by atoms with Crippen LogP contribution in [0.15, 0.2) is 54.6 Å². The fourth-order valence-corrected chi connectivity index (χ4v) is 4.15. The van der Waals surface area contributed by atoms with E-state index in [1.54, 1.807) is 6.07 Å². The van der Waals surface area contributed by atoms with Crippen molar-refractivity contribution in [3.63, 3.8) is 0 Å². The molecule has 1 aliphatic rings. The zero-order valence-corrected chi connectivity index (χ0v) is 18.4. The molecule has 0 radical (unpaired) electrons. The average Bonchev–Trinajstić information content (AvgIpc) is 2.78. The number of amides is 2. The highest BCUT2D eigenvalue weighted by atomic mass is 16.6. The van der Waals surface area contributed by atoms with Gasteiger partial charge in [0, 0.05) is 29.8 Å². The molecular weight excluding hydrogens is 408 g/mol. The van der Waals surface area contributed by atoms with Crippen molar-refractivity contribution in [2.75, 3.05) is 25.4 Å². The Balaban J connectivity index is 1.46. The lowest BCUT2D eigenvalue weighted by molar-refractivity contribution is 0.0367. The van der Waals surface area contributed by atoms with Gasteiger partial charge >= 0.3 is 12.2 Å². The Labute approximate surface area is 188 Å². The van der Waals surface area contributed by atoms with E-state index in [-0.39, 0.29) is 18.6 Å². The zero-order valence-electron chi connectivity index (χ0n) is 18.4. The number of hydrogen-bond donors (Lipinski definition) is 3. The summed E-state index contributed by atoms with van der Waals surface area (Å²) in [5, 5.41) is 2.89. The highest BCUT2D eigenvalue weighted by Crippen LogP contribution is 2.36. The van der Waals surface area contributed by atoms with Crippen LogP contribution in [0.2, 0.25) is 0 Å². The van der Waals surface area contributed by atoms with Crippen LogP contribution in [0.3, 0.4) is 0 Å². The first-order valence-corrected chi connectivity index (χ1v) is 10.9. The number of likely N-dealkylation sites (tertiary alicyclic amines) is 1. The number of nitrogens with zero attached hydrogens (tertiary/aromatic N) is 1. The summed E-state index contributed by atoms with van der Waals surface area (Å²) in [5.41, 5.74) is 13.8. The van der Waals surface area contributed by atoms with Gasteiger partial charge in [0.25, 0.3) is 0 Å². The van der Waals surface area contributed by atoms with Gasteiger partial charge in [0.05, 0.1) is 0 Å². The lowest BCUT2D eigenvalue weighted by atomic mass is 9.86. The maximum atomic E-state index is 12.1. The molecule has 0 saturated carbocycles. The van der Waals surface area contributed by atoms with Gasteiger partial charge in [-0.25, -0.2) is 9.59 Å². The molecule has 1 heterocycles. The molecule has 1 aliphatic heterocycles. The lowest BCUT2D eigenvalue weighted by Gasteiger charge is -2.36. The van der Waals surface area contributed by atoms with Crippen molar-refractivity contribution in [1.82, 2.24) is 10.2 Å². The molecule has 5 N–H and O–H groups in total. The minimum Gasteiger partial charge on any atom is -0.445 e. The van der Waals surface area contributed by atoms with Crippen LogP contribution in [0.25, 0.3) is 0 Å². The first kappa shape index (κ1) is 23.4. The number of alkyl carbamates (subject to hydrolysis) is 1. The van der Waals surface area contributed by atoms with Gasteiger partial charge < -0.3 is 31.2 Å². The number of rotatable bonds is 8. The Morgan fingerprint density at radius 1 is 1.09 bits per heavy atom. The minimum atomic E-state index is -0.799. The molecule has 0 aliphatic carbocycles. The largest absolute Gasteiger partial charge is 0.445 e. The number of anilines is 1. The Morgan fingerprint density at radius 3 is 2.41 bits per heavy atom. The topological polar surface area (TPSA) is 120 Å². The van der Waals surface area contributed by atoms with E-state index in [1.165, 1.54) is 0 Å². The van der Waals surface area contributed by atoms with E-state index in [9.17, 15) is 9.59 Å². The third kappa shape index (κ3) is 6.88. The summed E-state index contributed by atoms with van der Waals surface area (Å²) in [7, 11) is 0. The molecule has 8 nitrogen and oxygen atoms in total. The van der Waals surface area contributed by atoms with Gasteiger partial charge in [0.1, 0.15) is 12.7 Å². The molecule has 32 heavy (non-hydrogen) atoms. The smallest absolute Gasteiger partial charge is 0.407 e. The number of piperidine rings is 1. The predicted molar refractivity (Wildman–Crippen MR) is 123 cm³/mol. The molecule has 2 unspecified atom stereocenters. The van der Waals surface area contributed by atoms with Crippen LogP contribution in [0.5, 0.6) is 0 Å².